The zero-order valence-electron chi connectivity index (χ0n) is 10.6. The summed E-state index contributed by atoms with van der Waals surface area (Å²) >= 11 is 0. The van der Waals surface area contributed by atoms with Crippen LogP contribution in [-0.2, 0) is 6.54 Å². The van der Waals surface area contributed by atoms with E-state index in [1.807, 2.05) is 19.3 Å². The molecule has 0 unspecified atom stereocenters. The molecule has 0 radical (unpaired) electrons. The predicted octanol–water partition coefficient (Wildman–Crippen LogP) is 2.25. The second-order valence-corrected chi connectivity index (χ2v) is 4.12. The van der Waals surface area contributed by atoms with Crippen LogP contribution in [0.4, 0.5) is 5.82 Å². The van der Waals surface area contributed by atoms with Gasteiger partial charge in [0.1, 0.15) is 5.82 Å². The topological polar surface area (TPSA) is 52.0 Å². The van der Waals surface area contributed by atoms with Crippen molar-refractivity contribution in [2.45, 2.75) is 26.3 Å². The fourth-order valence-electron chi connectivity index (χ4n) is 1.55. The number of anilines is 1. The van der Waals surface area contributed by atoms with Gasteiger partial charge in [0.05, 0.1) is 6.07 Å². The molecule has 0 aliphatic heterocycles. The van der Waals surface area contributed by atoms with Gasteiger partial charge >= 0.3 is 0 Å². The molecule has 1 rings (SSSR count). The van der Waals surface area contributed by atoms with Gasteiger partial charge in [-0.3, -0.25) is 0 Å². The van der Waals surface area contributed by atoms with Crippen LogP contribution < -0.4 is 5.32 Å². The molecule has 0 aliphatic carbocycles. The number of rotatable bonds is 7. The van der Waals surface area contributed by atoms with Crippen LogP contribution >= 0.6 is 0 Å². The molecule has 0 spiro atoms. The molecular formula is C13H20N4. The predicted molar refractivity (Wildman–Crippen MR) is 69.6 cm³/mol. The van der Waals surface area contributed by atoms with Crippen molar-refractivity contribution in [2.75, 3.05) is 25.5 Å². The van der Waals surface area contributed by atoms with Gasteiger partial charge in [0, 0.05) is 32.3 Å². The Labute approximate surface area is 103 Å². The number of hydrogen-bond donors (Lipinski definition) is 1. The quantitative estimate of drug-likeness (QED) is 0.783. The van der Waals surface area contributed by atoms with E-state index < -0.39 is 0 Å². The molecule has 17 heavy (non-hydrogen) atoms. The van der Waals surface area contributed by atoms with Crippen LogP contribution in [0, 0.1) is 11.3 Å². The zero-order chi connectivity index (χ0) is 12.5. The van der Waals surface area contributed by atoms with Crippen molar-refractivity contribution in [2.24, 2.45) is 0 Å². The molecule has 4 heteroatoms. The Morgan fingerprint density at radius 2 is 2.35 bits per heavy atom. The number of pyridine rings is 1. The molecule has 0 bridgehead atoms. The summed E-state index contributed by atoms with van der Waals surface area (Å²) in [5.74, 6) is 0.929. The first-order chi connectivity index (χ1) is 8.26. The van der Waals surface area contributed by atoms with Gasteiger partial charge in [-0.1, -0.05) is 6.92 Å². The standard InChI is InChI=1S/C13H20N4/c1-3-7-15-13-10-12(5-8-16-13)11-17(2)9-4-6-14/h5,8,10H,3-4,7,9,11H2,1-2H3,(H,15,16). The van der Waals surface area contributed by atoms with Gasteiger partial charge in [-0.2, -0.15) is 5.26 Å². The molecule has 4 nitrogen and oxygen atoms in total. The molecule has 0 saturated carbocycles. The smallest absolute Gasteiger partial charge is 0.126 e. The summed E-state index contributed by atoms with van der Waals surface area (Å²) in [6, 6.07) is 6.24. The number of nitrogens with one attached hydrogen (secondary N) is 1. The van der Waals surface area contributed by atoms with E-state index in [1.54, 1.807) is 0 Å². The highest BCUT2D eigenvalue weighted by Gasteiger charge is 2.01. The first-order valence-electron chi connectivity index (χ1n) is 6.00. The largest absolute Gasteiger partial charge is 0.370 e. The van der Waals surface area contributed by atoms with Crippen LogP contribution in [0.5, 0.6) is 0 Å². The minimum atomic E-state index is 0.572. The SMILES string of the molecule is CCCNc1cc(CN(C)CCC#N)ccn1. The molecule has 1 N–H and O–H groups in total. The van der Waals surface area contributed by atoms with E-state index in [0.29, 0.717) is 6.42 Å². The van der Waals surface area contributed by atoms with Crippen LogP contribution in [0.25, 0.3) is 0 Å². The molecule has 1 aromatic heterocycles. The Balaban J connectivity index is 2.50. The van der Waals surface area contributed by atoms with Crippen molar-refractivity contribution in [3.63, 3.8) is 0 Å². The van der Waals surface area contributed by atoms with Crippen molar-refractivity contribution in [3.05, 3.63) is 23.9 Å². The summed E-state index contributed by atoms with van der Waals surface area (Å²) in [4.78, 5) is 6.41. The second-order valence-electron chi connectivity index (χ2n) is 4.12. The lowest BCUT2D eigenvalue weighted by Gasteiger charge is -2.15. The van der Waals surface area contributed by atoms with Crippen molar-refractivity contribution >= 4 is 5.82 Å². The average Bonchev–Trinajstić information content (AvgIpc) is 2.34. The van der Waals surface area contributed by atoms with E-state index in [2.05, 4.69) is 34.3 Å². The third-order valence-corrected chi connectivity index (χ3v) is 2.44. The number of aromatic nitrogens is 1. The fraction of sp³-hybridized carbons (Fsp3) is 0.538. The molecular weight excluding hydrogens is 212 g/mol. The van der Waals surface area contributed by atoms with E-state index in [1.165, 1.54) is 5.56 Å². The maximum atomic E-state index is 8.53. The molecule has 0 aromatic carbocycles. The maximum absolute atomic E-state index is 8.53. The normalized spacial score (nSPS) is 10.2. The first-order valence-corrected chi connectivity index (χ1v) is 6.00. The lowest BCUT2D eigenvalue weighted by atomic mass is 10.2. The highest BCUT2D eigenvalue weighted by atomic mass is 15.1. The molecule has 0 aliphatic rings. The molecule has 0 amide bonds. The molecule has 0 saturated heterocycles. The van der Waals surface area contributed by atoms with Crippen molar-refractivity contribution in [3.8, 4) is 6.07 Å². The lowest BCUT2D eigenvalue weighted by Crippen LogP contribution is -2.18. The Morgan fingerprint density at radius 1 is 1.53 bits per heavy atom. The molecule has 1 aromatic rings. The summed E-state index contributed by atoms with van der Waals surface area (Å²) in [6.45, 7) is 4.73. The van der Waals surface area contributed by atoms with E-state index >= 15 is 0 Å². The summed E-state index contributed by atoms with van der Waals surface area (Å²) in [6.07, 6.45) is 3.49. The highest BCUT2D eigenvalue weighted by Crippen LogP contribution is 2.09. The fourth-order valence-corrected chi connectivity index (χ4v) is 1.55. The van der Waals surface area contributed by atoms with Gasteiger partial charge in [0.15, 0.2) is 0 Å². The minimum Gasteiger partial charge on any atom is -0.370 e. The monoisotopic (exact) mass is 232 g/mol. The Morgan fingerprint density at radius 3 is 3.06 bits per heavy atom. The average molecular weight is 232 g/mol. The van der Waals surface area contributed by atoms with E-state index in [9.17, 15) is 0 Å². The van der Waals surface area contributed by atoms with Crippen LogP contribution in [0.3, 0.4) is 0 Å². The van der Waals surface area contributed by atoms with Crippen molar-refractivity contribution < 1.29 is 0 Å². The third kappa shape index (κ3) is 5.32. The molecule has 0 atom stereocenters. The number of hydrogen-bond acceptors (Lipinski definition) is 4. The maximum Gasteiger partial charge on any atom is 0.126 e. The van der Waals surface area contributed by atoms with Crippen LogP contribution in [0.2, 0.25) is 0 Å². The Bertz CT molecular complexity index is 370. The van der Waals surface area contributed by atoms with Crippen LogP contribution in [0.15, 0.2) is 18.3 Å². The molecule has 1 heterocycles. The Kier molecular flexibility index (Phi) is 6.05. The molecule has 0 fully saturated rings. The van der Waals surface area contributed by atoms with Gasteiger partial charge in [-0.05, 0) is 31.2 Å². The van der Waals surface area contributed by atoms with Crippen molar-refractivity contribution in [1.82, 2.24) is 9.88 Å². The van der Waals surface area contributed by atoms with Gasteiger partial charge in [0.25, 0.3) is 0 Å². The van der Waals surface area contributed by atoms with Gasteiger partial charge in [-0.25, -0.2) is 4.98 Å². The lowest BCUT2D eigenvalue weighted by molar-refractivity contribution is 0.335. The van der Waals surface area contributed by atoms with Gasteiger partial charge in [0.2, 0.25) is 0 Å². The van der Waals surface area contributed by atoms with E-state index in [4.69, 9.17) is 5.26 Å². The van der Waals surface area contributed by atoms with Gasteiger partial charge in [-0.15, -0.1) is 0 Å². The van der Waals surface area contributed by atoms with E-state index in [0.717, 1.165) is 31.9 Å². The van der Waals surface area contributed by atoms with Gasteiger partial charge < -0.3 is 10.2 Å². The number of nitriles is 1. The summed E-state index contributed by atoms with van der Waals surface area (Å²) in [7, 11) is 2.02. The van der Waals surface area contributed by atoms with Crippen LogP contribution in [-0.4, -0.2) is 30.0 Å². The van der Waals surface area contributed by atoms with Crippen molar-refractivity contribution in [1.29, 1.82) is 5.26 Å². The summed E-state index contributed by atoms with van der Waals surface area (Å²) in [5, 5.41) is 11.8. The molecule has 92 valence electrons. The first kappa shape index (κ1) is 13.5. The summed E-state index contributed by atoms with van der Waals surface area (Å²) < 4.78 is 0. The minimum absolute atomic E-state index is 0.572. The number of nitrogens with zero attached hydrogens (tertiary/aromatic N) is 3. The zero-order valence-corrected chi connectivity index (χ0v) is 10.6. The highest BCUT2D eigenvalue weighted by molar-refractivity contribution is 5.37. The Hall–Kier alpha value is -1.60. The summed E-state index contributed by atoms with van der Waals surface area (Å²) in [5.41, 5.74) is 1.22. The van der Waals surface area contributed by atoms with E-state index in [-0.39, 0.29) is 0 Å². The second kappa shape index (κ2) is 7.64. The van der Waals surface area contributed by atoms with Crippen LogP contribution in [0.1, 0.15) is 25.3 Å². The third-order valence-electron chi connectivity index (χ3n) is 2.44.